The van der Waals surface area contributed by atoms with E-state index in [4.69, 9.17) is 5.73 Å². The van der Waals surface area contributed by atoms with Crippen molar-refractivity contribution < 1.29 is 22.7 Å². The number of hydrogen-bond acceptors (Lipinski definition) is 4. The van der Waals surface area contributed by atoms with Gasteiger partial charge >= 0.3 is 6.36 Å². The number of alkyl halides is 3. The first-order valence-corrected chi connectivity index (χ1v) is 7.79. The summed E-state index contributed by atoms with van der Waals surface area (Å²) in [5.41, 5.74) is 7.88. The van der Waals surface area contributed by atoms with Crippen LogP contribution >= 0.6 is 0 Å². The molecule has 0 fully saturated rings. The van der Waals surface area contributed by atoms with Gasteiger partial charge in [-0.2, -0.15) is 0 Å². The van der Waals surface area contributed by atoms with Gasteiger partial charge < -0.3 is 15.8 Å². The Balaban J connectivity index is 1.73. The Labute approximate surface area is 152 Å². The van der Waals surface area contributed by atoms with E-state index in [0.717, 1.165) is 23.3 Å². The van der Waals surface area contributed by atoms with Crippen molar-refractivity contribution in [2.75, 3.05) is 11.1 Å². The van der Waals surface area contributed by atoms with E-state index in [0.29, 0.717) is 17.1 Å². The van der Waals surface area contributed by atoms with Crippen LogP contribution in [0.1, 0.15) is 10.4 Å². The number of amides is 1. The Kier molecular flexibility index (Phi) is 4.98. The number of ether oxygens (including phenoxy) is 1. The molecule has 0 aliphatic heterocycles. The van der Waals surface area contributed by atoms with Crippen LogP contribution in [0.25, 0.3) is 11.1 Å². The van der Waals surface area contributed by atoms with Gasteiger partial charge in [-0.1, -0.05) is 12.1 Å². The minimum Gasteiger partial charge on any atom is -0.406 e. The van der Waals surface area contributed by atoms with Gasteiger partial charge in [0.05, 0.1) is 0 Å². The van der Waals surface area contributed by atoms with Gasteiger partial charge in [-0.25, -0.2) is 4.98 Å². The molecule has 0 saturated carbocycles. The average Bonchev–Trinajstić information content (AvgIpc) is 2.63. The van der Waals surface area contributed by atoms with Crippen LogP contribution in [-0.2, 0) is 0 Å². The summed E-state index contributed by atoms with van der Waals surface area (Å²) in [5.74, 6) is -0.367. The van der Waals surface area contributed by atoms with E-state index < -0.39 is 12.3 Å². The van der Waals surface area contributed by atoms with E-state index >= 15 is 0 Å². The zero-order valence-electron chi connectivity index (χ0n) is 13.8. The van der Waals surface area contributed by atoms with Crippen LogP contribution in [0.3, 0.4) is 0 Å². The largest absolute Gasteiger partial charge is 0.573 e. The summed E-state index contributed by atoms with van der Waals surface area (Å²) < 4.78 is 40.3. The molecule has 3 N–H and O–H groups in total. The number of benzene rings is 2. The lowest BCUT2D eigenvalue weighted by Crippen LogP contribution is -2.17. The zero-order chi connectivity index (χ0) is 19.4. The molecule has 2 aromatic carbocycles. The normalized spacial score (nSPS) is 11.1. The third kappa shape index (κ3) is 4.97. The Hall–Kier alpha value is -3.55. The highest BCUT2D eigenvalue weighted by molar-refractivity contribution is 6.05. The van der Waals surface area contributed by atoms with E-state index in [1.165, 1.54) is 12.1 Å². The monoisotopic (exact) mass is 373 g/mol. The molecule has 0 unspecified atom stereocenters. The Morgan fingerprint density at radius 2 is 1.74 bits per heavy atom. The van der Waals surface area contributed by atoms with Gasteiger partial charge in [0.15, 0.2) is 0 Å². The lowest BCUT2D eigenvalue weighted by atomic mass is 10.0. The van der Waals surface area contributed by atoms with Gasteiger partial charge in [0.25, 0.3) is 5.91 Å². The first-order chi connectivity index (χ1) is 12.8. The highest BCUT2D eigenvalue weighted by Gasteiger charge is 2.30. The smallest absolute Gasteiger partial charge is 0.406 e. The number of anilines is 2. The minimum absolute atomic E-state index is 0.342. The van der Waals surface area contributed by atoms with Crippen molar-refractivity contribution in [3.05, 3.63) is 72.4 Å². The van der Waals surface area contributed by atoms with Crippen LogP contribution in [-0.4, -0.2) is 17.3 Å². The molecule has 1 amide bonds. The molecule has 3 rings (SSSR count). The van der Waals surface area contributed by atoms with Crippen LogP contribution in [0.15, 0.2) is 66.9 Å². The fraction of sp³-hybridized carbons (Fsp3) is 0.0526. The molecule has 0 aliphatic carbocycles. The molecule has 1 heterocycles. The SMILES string of the molecule is Nc1ccc(-c2cccc(C(=O)Nc3ccc(OC(F)(F)F)cc3)c2)cn1. The second kappa shape index (κ2) is 7.36. The number of nitrogen functional groups attached to an aromatic ring is 1. The van der Waals surface area contributed by atoms with Crippen LogP contribution in [0.5, 0.6) is 5.75 Å². The fourth-order valence-electron chi connectivity index (χ4n) is 2.36. The molecular formula is C19H14F3N3O2. The lowest BCUT2D eigenvalue weighted by Gasteiger charge is -2.10. The van der Waals surface area contributed by atoms with Crippen molar-refractivity contribution in [2.24, 2.45) is 0 Å². The molecule has 0 saturated heterocycles. The van der Waals surface area contributed by atoms with E-state index in [1.54, 1.807) is 36.5 Å². The summed E-state index contributed by atoms with van der Waals surface area (Å²) in [6, 6.07) is 15.2. The van der Waals surface area contributed by atoms with E-state index in [-0.39, 0.29) is 5.75 Å². The van der Waals surface area contributed by atoms with Gasteiger partial charge in [-0.3, -0.25) is 4.79 Å². The molecule has 0 bridgehead atoms. The number of nitrogens with two attached hydrogens (primary N) is 1. The molecule has 138 valence electrons. The van der Waals surface area contributed by atoms with Gasteiger partial charge in [0, 0.05) is 23.0 Å². The summed E-state index contributed by atoms with van der Waals surface area (Å²) in [7, 11) is 0. The number of nitrogens with one attached hydrogen (secondary N) is 1. The Morgan fingerprint density at radius 1 is 1.00 bits per heavy atom. The van der Waals surface area contributed by atoms with Crippen molar-refractivity contribution in [1.29, 1.82) is 0 Å². The molecule has 0 spiro atoms. The van der Waals surface area contributed by atoms with E-state index in [1.807, 2.05) is 6.07 Å². The molecule has 8 heteroatoms. The van der Waals surface area contributed by atoms with Gasteiger partial charge in [0.1, 0.15) is 11.6 Å². The fourth-order valence-corrected chi connectivity index (χ4v) is 2.36. The number of pyridine rings is 1. The maximum atomic E-state index is 12.4. The zero-order valence-corrected chi connectivity index (χ0v) is 13.8. The summed E-state index contributed by atoms with van der Waals surface area (Å²) in [6.45, 7) is 0. The van der Waals surface area contributed by atoms with Crippen molar-refractivity contribution >= 4 is 17.4 Å². The van der Waals surface area contributed by atoms with Crippen LogP contribution < -0.4 is 15.8 Å². The highest BCUT2D eigenvalue weighted by Crippen LogP contribution is 2.25. The molecular weight excluding hydrogens is 359 g/mol. The van der Waals surface area contributed by atoms with Gasteiger partial charge in [0.2, 0.25) is 0 Å². The lowest BCUT2D eigenvalue weighted by molar-refractivity contribution is -0.274. The second-order valence-corrected chi connectivity index (χ2v) is 5.58. The quantitative estimate of drug-likeness (QED) is 0.707. The van der Waals surface area contributed by atoms with Crippen molar-refractivity contribution in [2.45, 2.75) is 6.36 Å². The molecule has 27 heavy (non-hydrogen) atoms. The number of rotatable bonds is 4. The highest BCUT2D eigenvalue weighted by atomic mass is 19.4. The summed E-state index contributed by atoms with van der Waals surface area (Å²) in [5, 5.41) is 2.62. The maximum Gasteiger partial charge on any atom is 0.573 e. The standard InChI is InChI=1S/C19H14F3N3O2/c20-19(21,22)27-16-7-5-15(6-8-16)25-18(26)13-3-1-2-12(10-13)14-4-9-17(23)24-11-14/h1-11H,(H2,23,24)(H,25,26). The predicted octanol–water partition coefficient (Wildman–Crippen LogP) is 4.48. The van der Waals surface area contributed by atoms with Crippen molar-refractivity contribution in [3.63, 3.8) is 0 Å². The van der Waals surface area contributed by atoms with Crippen LogP contribution in [0, 0.1) is 0 Å². The van der Waals surface area contributed by atoms with E-state index in [2.05, 4.69) is 15.0 Å². The van der Waals surface area contributed by atoms with Gasteiger partial charge in [-0.05, 0) is 54.1 Å². The number of hydrogen-bond donors (Lipinski definition) is 2. The third-order valence-corrected chi connectivity index (χ3v) is 3.59. The first kappa shape index (κ1) is 18.2. The Morgan fingerprint density at radius 3 is 2.37 bits per heavy atom. The van der Waals surface area contributed by atoms with Gasteiger partial charge in [-0.15, -0.1) is 13.2 Å². The molecule has 0 aliphatic rings. The topological polar surface area (TPSA) is 77.2 Å². The number of halogens is 3. The van der Waals surface area contributed by atoms with Crippen molar-refractivity contribution in [3.8, 4) is 16.9 Å². The molecule has 3 aromatic rings. The minimum atomic E-state index is -4.76. The summed E-state index contributed by atoms with van der Waals surface area (Å²) >= 11 is 0. The number of nitrogens with zero attached hydrogens (tertiary/aromatic N) is 1. The second-order valence-electron chi connectivity index (χ2n) is 5.58. The number of carbonyl (C=O) groups excluding carboxylic acids is 1. The number of carbonyl (C=O) groups is 1. The predicted molar refractivity (Wildman–Crippen MR) is 95.2 cm³/mol. The van der Waals surface area contributed by atoms with Crippen molar-refractivity contribution in [1.82, 2.24) is 4.98 Å². The van der Waals surface area contributed by atoms with Crippen LogP contribution in [0.2, 0.25) is 0 Å². The number of aromatic nitrogens is 1. The molecule has 0 radical (unpaired) electrons. The maximum absolute atomic E-state index is 12.4. The Bertz CT molecular complexity index is 940. The van der Waals surface area contributed by atoms with Crippen LogP contribution in [0.4, 0.5) is 24.7 Å². The summed E-state index contributed by atoms with van der Waals surface area (Å²) in [6.07, 6.45) is -3.16. The molecule has 1 aromatic heterocycles. The molecule has 0 atom stereocenters. The van der Waals surface area contributed by atoms with E-state index in [9.17, 15) is 18.0 Å². The molecule has 5 nitrogen and oxygen atoms in total. The third-order valence-electron chi connectivity index (χ3n) is 3.59. The summed E-state index contributed by atoms with van der Waals surface area (Å²) in [4.78, 5) is 16.4. The average molecular weight is 373 g/mol. The first-order valence-electron chi connectivity index (χ1n) is 7.79.